The first-order valence-electron chi connectivity index (χ1n) is 9.55. The number of aryl methyl sites for hydroxylation is 1. The summed E-state index contributed by atoms with van der Waals surface area (Å²) < 4.78 is 12.2. The molecule has 158 valence electrons. The van der Waals surface area contributed by atoms with Crippen LogP contribution in [0, 0.1) is 11.3 Å². The van der Waals surface area contributed by atoms with Crippen molar-refractivity contribution < 1.29 is 14.3 Å². The summed E-state index contributed by atoms with van der Waals surface area (Å²) in [6.45, 7) is 2.90. The highest BCUT2D eigenvalue weighted by Crippen LogP contribution is 2.27. The molecule has 6 nitrogen and oxygen atoms in total. The number of carbonyl (C=O) groups is 1. The molecule has 0 aliphatic rings. The van der Waals surface area contributed by atoms with Gasteiger partial charge in [-0.25, -0.2) is 4.98 Å². The Balaban J connectivity index is 1.55. The van der Waals surface area contributed by atoms with E-state index in [1.165, 1.54) is 23.0 Å². The van der Waals surface area contributed by atoms with Crippen LogP contribution in [-0.4, -0.2) is 24.1 Å². The van der Waals surface area contributed by atoms with E-state index in [9.17, 15) is 10.1 Å². The fourth-order valence-electron chi connectivity index (χ4n) is 2.62. The number of nitrogens with zero attached hydrogens (tertiary/aromatic N) is 2. The molecule has 1 amide bonds. The predicted octanol–water partition coefficient (Wildman–Crippen LogP) is 5.47. The summed E-state index contributed by atoms with van der Waals surface area (Å²) in [6.07, 6.45) is 4.09. The number of aromatic nitrogens is 1. The second-order valence-electron chi connectivity index (χ2n) is 6.35. The number of hydrogen-bond donors (Lipinski definition) is 1. The highest BCUT2D eigenvalue weighted by Gasteiger charge is 2.11. The van der Waals surface area contributed by atoms with E-state index >= 15 is 0 Å². The van der Waals surface area contributed by atoms with E-state index in [4.69, 9.17) is 9.47 Å². The number of amides is 1. The SMILES string of the molecule is CCc1ccc(OCCOc2ccc(/C=C(/C#N)C(=O)Nc3nccs3)cc2Br)cc1. The van der Waals surface area contributed by atoms with Crippen molar-refractivity contribution in [3.63, 3.8) is 0 Å². The second kappa shape index (κ2) is 11.3. The van der Waals surface area contributed by atoms with Gasteiger partial charge in [0.2, 0.25) is 0 Å². The highest BCUT2D eigenvalue weighted by molar-refractivity contribution is 9.10. The van der Waals surface area contributed by atoms with E-state index < -0.39 is 5.91 Å². The van der Waals surface area contributed by atoms with Crippen LogP contribution in [0.5, 0.6) is 11.5 Å². The topological polar surface area (TPSA) is 84.2 Å². The van der Waals surface area contributed by atoms with Crippen molar-refractivity contribution in [3.8, 4) is 17.6 Å². The minimum atomic E-state index is -0.502. The van der Waals surface area contributed by atoms with Crippen LogP contribution in [0.4, 0.5) is 5.13 Å². The number of ether oxygens (including phenoxy) is 2. The normalized spacial score (nSPS) is 10.9. The number of anilines is 1. The van der Waals surface area contributed by atoms with Gasteiger partial charge in [0, 0.05) is 11.6 Å². The van der Waals surface area contributed by atoms with Crippen LogP contribution in [0.2, 0.25) is 0 Å². The average molecular weight is 498 g/mol. The molecule has 3 aromatic rings. The van der Waals surface area contributed by atoms with E-state index in [1.54, 1.807) is 29.8 Å². The van der Waals surface area contributed by atoms with Gasteiger partial charge in [-0.05, 0) is 63.8 Å². The van der Waals surface area contributed by atoms with Crippen molar-refractivity contribution >= 4 is 44.4 Å². The molecule has 0 aliphatic carbocycles. The van der Waals surface area contributed by atoms with Crippen LogP contribution in [0.3, 0.4) is 0 Å². The lowest BCUT2D eigenvalue weighted by molar-refractivity contribution is -0.112. The van der Waals surface area contributed by atoms with Crippen molar-refractivity contribution in [2.45, 2.75) is 13.3 Å². The quantitative estimate of drug-likeness (QED) is 0.240. The van der Waals surface area contributed by atoms with Crippen LogP contribution in [0.25, 0.3) is 6.08 Å². The summed E-state index contributed by atoms with van der Waals surface area (Å²) >= 11 is 4.76. The number of benzene rings is 2. The van der Waals surface area contributed by atoms with Gasteiger partial charge in [-0.3, -0.25) is 10.1 Å². The van der Waals surface area contributed by atoms with Crippen molar-refractivity contribution in [2.24, 2.45) is 0 Å². The summed E-state index contributed by atoms with van der Waals surface area (Å²) in [7, 11) is 0. The van der Waals surface area contributed by atoms with Gasteiger partial charge in [0.1, 0.15) is 36.4 Å². The largest absolute Gasteiger partial charge is 0.490 e. The summed E-state index contributed by atoms with van der Waals surface area (Å²) in [5.74, 6) is 0.950. The summed E-state index contributed by atoms with van der Waals surface area (Å²) in [6, 6.07) is 15.3. The maximum Gasteiger partial charge on any atom is 0.268 e. The molecular weight excluding hydrogens is 478 g/mol. The Kier molecular flexibility index (Phi) is 8.21. The minimum Gasteiger partial charge on any atom is -0.490 e. The summed E-state index contributed by atoms with van der Waals surface area (Å²) in [4.78, 5) is 16.2. The fourth-order valence-corrected chi connectivity index (χ4v) is 3.66. The van der Waals surface area contributed by atoms with Gasteiger partial charge in [0.05, 0.1) is 4.47 Å². The average Bonchev–Trinajstić information content (AvgIpc) is 3.29. The molecule has 0 saturated heterocycles. The Bertz CT molecular complexity index is 1090. The smallest absolute Gasteiger partial charge is 0.268 e. The molecule has 1 N–H and O–H groups in total. The van der Waals surface area contributed by atoms with Crippen molar-refractivity contribution in [1.82, 2.24) is 4.98 Å². The molecule has 2 aromatic carbocycles. The first-order valence-corrected chi connectivity index (χ1v) is 11.2. The number of halogens is 1. The Morgan fingerprint density at radius 1 is 1.23 bits per heavy atom. The lowest BCUT2D eigenvalue weighted by Gasteiger charge is -2.10. The third-order valence-electron chi connectivity index (χ3n) is 4.23. The number of carbonyl (C=O) groups excluding carboxylic acids is 1. The standard InChI is InChI=1S/C23H20BrN3O3S/c1-2-16-3-6-19(7-4-16)29-10-11-30-21-8-5-17(14-20(21)24)13-18(15-25)22(28)27-23-26-9-12-31-23/h3-9,12-14H,2,10-11H2,1H3,(H,26,27,28)/b18-13-. The van der Waals surface area contributed by atoms with Gasteiger partial charge >= 0.3 is 0 Å². The van der Waals surface area contributed by atoms with Gasteiger partial charge in [-0.2, -0.15) is 5.26 Å². The number of hydrogen-bond acceptors (Lipinski definition) is 6. The van der Waals surface area contributed by atoms with Crippen LogP contribution in [-0.2, 0) is 11.2 Å². The third-order valence-corrected chi connectivity index (χ3v) is 5.53. The van der Waals surface area contributed by atoms with Gasteiger partial charge in [0.15, 0.2) is 5.13 Å². The molecule has 0 bridgehead atoms. The van der Waals surface area contributed by atoms with Crippen molar-refractivity contribution in [1.29, 1.82) is 5.26 Å². The zero-order valence-corrected chi connectivity index (χ0v) is 19.2. The lowest BCUT2D eigenvalue weighted by Crippen LogP contribution is -2.13. The lowest BCUT2D eigenvalue weighted by atomic mass is 10.1. The zero-order valence-electron chi connectivity index (χ0n) is 16.8. The molecule has 0 spiro atoms. The molecule has 0 radical (unpaired) electrons. The molecule has 1 heterocycles. The maximum atomic E-state index is 12.2. The second-order valence-corrected chi connectivity index (χ2v) is 8.09. The van der Waals surface area contributed by atoms with E-state index in [1.807, 2.05) is 30.3 Å². The fraction of sp³-hybridized carbons (Fsp3) is 0.174. The number of nitrogens with one attached hydrogen (secondary N) is 1. The monoisotopic (exact) mass is 497 g/mol. The van der Waals surface area contributed by atoms with Gasteiger partial charge < -0.3 is 9.47 Å². The van der Waals surface area contributed by atoms with Gasteiger partial charge in [-0.1, -0.05) is 25.1 Å². The van der Waals surface area contributed by atoms with Crippen molar-refractivity contribution in [3.05, 3.63) is 75.2 Å². The molecule has 0 aliphatic heterocycles. The Morgan fingerprint density at radius 3 is 2.65 bits per heavy atom. The molecule has 1 aromatic heterocycles. The van der Waals surface area contributed by atoms with Crippen molar-refractivity contribution in [2.75, 3.05) is 18.5 Å². The minimum absolute atomic E-state index is 0.0155. The maximum absolute atomic E-state index is 12.2. The number of rotatable bonds is 9. The Morgan fingerprint density at radius 2 is 2.00 bits per heavy atom. The summed E-state index contributed by atoms with van der Waals surface area (Å²) in [5.41, 5.74) is 1.94. The van der Waals surface area contributed by atoms with Gasteiger partial charge in [-0.15, -0.1) is 11.3 Å². The predicted molar refractivity (Wildman–Crippen MR) is 125 cm³/mol. The first kappa shape index (κ1) is 22.5. The third kappa shape index (κ3) is 6.67. The number of thiazole rings is 1. The van der Waals surface area contributed by atoms with Crippen LogP contribution in [0.15, 0.2) is 64.1 Å². The van der Waals surface area contributed by atoms with Crippen LogP contribution < -0.4 is 14.8 Å². The number of nitriles is 1. The molecule has 8 heteroatoms. The van der Waals surface area contributed by atoms with E-state index in [2.05, 4.69) is 33.2 Å². The highest BCUT2D eigenvalue weighted by atomic mass is 79.9. The first-order chi connectivity index (χ1) is 15.1. The Labute approximate surface area is 193 Å². The van der Waals surface area contributed by atoms with E-state index in [0.29, 0.717) is 34.1 Å². The van der Waals surface area contributed by atoms with Crippen LogP contribution in [0.1, 0.15) is 18.1 Å². The zero-order chi connectivity index (χ0) is 22.1. The molecular formula is C23H20BrN3O3S. The molecule has 3 rings (SSSR count). The molecule has 0 atom stereocenters. The van der Waals surface area contributed by atoms with E-state index in [-0.39, 0.29) is 5.57 Å². The molecule has 0 saturated carbocycles. The van der Waals surface area contributed by atoms with Gasteiger partial charge in [0.25, 0.3) is 5.91 Å². The van der Waals surface area contributed by atoms with E-state index in [0.717, 1.165) is 12.2 Å². The summed E-state index contributed by atoms with van der Waals surface area (Å²) in [5, 5.41) is 14.1. The molecule has 0 fully saturated rings. The molecule has 31 heavy (non-hydrogen) atoms. The Hall–Kier alpha value is -3.15. The molecule has 0 unspecified atom stereocenters. The van der Waals surface area contributed by atoms with Crippen LogP contribution >= 0.6 is 27.3 Å².